The number of carboxylic acids is 1. The van der Waals surface area contributed by atoms with E-state index in [0.29, 0.717) is 62.7 Å². The second-order valence-corrected chi connectivity index (χ2v) is 21.6. The van der Waals surface area contributed by atoms with Crippen molar-refractivity contribution in [3.8, 4) is 0 Å². The molecule has 5 N–H and O–H groups in total. The minimum absolute atomic E-state index is 0.0234. The molecule has 0 saturated carbocycles. The van der Waals surface area contributed by atoms with E-state index in [1.165, 1.54) is 6.08 Å². The van der Waals surface area contributed by atoms with Gasteiger partial charge in [-0.3, -0.25) is 10.1 Å². The number of aliphatic hydroxyl groups excluding tert-OH is 2. The van der Waals surface area contributed by atoms with E-state index < -0.39 is 71.3 Å². The summed E-state index contributed by atoms with van der Waals surface area (Å²) in [6, 6.07) is 0. The van der Waals surface area contributed by atoms with E-state index in [1.807, 2.05) is 19.9 Å². The summed E-state index contributed by atoms with van der Waals surface area (Å²) < 4.78 is 54.3. The molecule has 3 spiro atoms. The number of carboxylic acid groups (broad SMARTS) is 1. The standard InChI is InChI=1S/C48H73NO13/c1-25-14-34(10-9-33(50)18-40(51)52)56-44(20-25)11-12-47(62-44)31(7)17-35-36(59-47)19-38(55-35)43(53)48(54)32(8)16-28(4)41(61-48)29(5)22-45-21-26(2)15-37(57-45)42-39(58-45)23-46(60-42)30(6)13-27(3)24-49-46/h9-10,14,26-28,30-39,41-43,49-50,53-54H,5,11-13,15-24H2,1-4,6-8H3,(H,51,52)/b10-9+/t26-,27+,28-,30-,31+,32+,33-,34+,35+,36+,37+,38-,39+,41-,42+,43+,44+,45-,46-,47+,48+/m0/s1. The zero-order chi connectivity index (χ0) is 44.1. The fraction of sp³-hybridized carbons (Fsp3) is 0.854. The predicted octanol–water partition coefficient (Wildman–Crippen LogP) is 5.62. The van der Waals surface area contributed by atoms with Gasteiger partial charge in [-0.1, -0.05) is 71.9 Å². The van der Waals surface area contributed by atoms with Crippen LogP contribution in [0.4, 0.5) is 0 Å². The van der Waals surface area contributed by atoms with Crippen LogP contribution in [0.15, 0.2) is 36.0 Å². The predicted molar refractivity (Wildman–Crippen MR) is 225 cm³/mol. The Kier molecular flexibility index (Phi) is 12.1. The van der Waals surface area contributed by atoms with Gasteiger partial charge in [0.05, 0.1) is 55.3 Å². The monoisotopic (exact) mass is 872 g/mol. The Balaban J connectivity index is 0.850. The van der Waals surface area contributed by atoms with Crippen molar-refractivity contribution >= 4 is 5.97 Å². The first-order valence-corrected chi connectivity index (χ1v) is 23.7. The molecule has 0 aromatic carbocycles. The smallest absolute Gasteiger partial charge is 0.306 e. The van der Waals surface area contributed by atoms with E-state index in [9.17, 15) is 20.1 Å². The molecule has 14 nitrogen and oxygen atoms in total. The summed E-state index contributed by atoms with van der Waals surface area (Å²) in [5, 5.41) is 47.5. The van der Waals surface area contributed by atoms with Crippen LogP contribution in [0.3, 0.4) is 0 Å². The van der Waals surface area contributed by atoms with Gasteiger partial charge in [-0.2, -0.15) is 0 Å². The third kappa shape index (κ3) is 8.22. The van der Waals surface area contributed by atoms with Crippen molar-refractivity contribution in [2.45, 2.75) is 215 Å². The summed E-state index contributed by atoms with van der Waals surface area (Å²) in [4.78, 5) is 11.1. The molecule has 9 rings (SSSR count). The molecule has 0 unspecified atom stereocenters. The number of fused-ring (bicyclic) bond motifs is 5. The average Bonchev–Trinajstić information content (AvgIpc) is 3.87. The number of piperidine rings is 1. The normalized spacial score (nSPS) is 52.3. The zero-order valence-electron chi connectivity index (χ0n) is 37.8. The van der Waals surface area contributed by atoms with Gasteiger partial charge in [0.2, 0.25) is 0 Å². The average molecular weight is 872 g/mol. The van der Waals surface area contributed by atoms with Crippen LogP contribution in [0.2, 0.25) is 0 Å². The number of hydrogen-bond donors (Lipinski definition) is 5. The number of carbonyl (C=O) groups is 1. The summed E-state index contributed by atoms with van der Waals surface area (Å²) >= 11 is 0. The Morgan fingerprint density at radius 2 is 1.65 bits per heavy atom. The lowest BCUT2D eigenvalue weighted by Gasteiger charge is -2.53. The first-order chi connectivity index (χ1) is 29.2. The molecule has 2 bridgehead atoms. The zero-order valence-corrected chi connectivity index (χ0v) is 37.8. The summed E-state index contributed by atoms with van der Waals surface area (Å²) in [5.41, 5.74) is 1.44. The Bertz CT molecular complexity index is 1780. The molecule has 348 valence electrons. The highest BCUT2D eigenvalue weighted by Crippen LogP contribution is 2.56. The van der Waals surface area contributed by atoms with Crippen LogP contribution in [0.1, 0.15) is 126 Å². The highest BCUT2D eigenvalue weighted by atomic mass is 16.8. The van der Waals surface area contributed by atoms with E-state index in [2.05, 4.69) is 46.5 Å². The van der Waals surface area contributed by atoms with Gasteiger partial charge >= 0.3 is 5.97 Å². The largest absolute Gasteiger partial charge is 0.481 e. The van der Waals surface area contributed by atoms with Crippen molar-refractivity contribution in [1.82, 2.24) is 5.32 Å². The number of aliphatic carboxylic acids is 1. The van der Waals surface area contributed by atoms with Crippen molar-refractivity contribution in [3.05, 3.63) is 36.0 Å². The number of aliphatic hydroxyl groups is 3. The van der Waals surface area contributed by atoms with Crippen LogP contribution in [-0.4, -0.2) is 123 Å². The first kappa shape index (κ1) is 45.4. The van der Waals surface area contributed by atoms with E-state index in [0.717, 1.165) is 43.4 Å². The number of nitrogens with one attached hydrogen (secondary N) is 1. The molecule has 9 aliphatic heterocycles. The van der Waals surface area contributed by atoms with Gasteiger partial charge in [0.25, 0.3) is 0 Å². The molecule has 9 heterocycles. The molecular formula is C48H73NO13. The van der Waals surface area contributed by atoms with E-state index in [1.54, 1.807) is 6.08 Å². The molecule has 0 radical (unpaired) electrons. The molecule has 62 heavy (non-hydrogen) atoms. The quantitative estimate of drug-likeness (QED) is 0.180. The fourth-order valence-corrected chi connectivity index (χ4v) is 13.2. The topological polar surface area (TPSA) is 184 Å². The molecule has 0 aromatic rings. The summed E-state index contributed by atoms with van der Waals surface area (Å²) in [6.45, 7) is 20.5. The lowest BCUT2D eigenvalue weighted by Crippen LogP contribution is -2.62. The van der Waals surface area contributed by atoms with Crippen LogP contribution < -0.4 is 5.32 Å². The molecule has 14 heteroatoms. The molecule has 0 amide bonds. The maximum absolute atomic E-state index is 12.4. The molecule has 0 aromatic heterocycles. The van der Waals surface area contributed by atoms with Gasteiger partial charge in [0.1, 0.15) is 17.9 Å². The van der Waals surface area contributed by atoms with E-state index >= 15 is 0 Å². The maximum atomic E-state index is 12.4. The molecule has 0 aliphatic carbocycles. The first-order valence-electron chi connectivity index (χ1n) is 23.7. The molecule has 21 atom stereocenters. The SMILES string of the molecule is C=C(C[C@@]12C[C@@H](C)C[C@@H](O1)[C@H]1O[C@]3(C[C@H]1O2)NC[C@H](C)C[C@@H]3C)[C@H]1O[C@@](O)([C@H](O)[C@@H]2C[C@H]3O[C@@]4(CC[C@]5(CC(C)=C[C@@H](/C=C/[C@H](O)CC(=O)O)O5)O4)[C@H](C)C[C@H]3O2)[C@H](C)C[C@@H]1C. The van der Waals surface area contributed by atoms with Gasteiger partial charge in [-0.25, -0.2) is 0 Å². The summed E-state index contributed by atoms with van der Waals surface area (Å²) in [6.07, 6.45) is 6.70. The third-order valence-electron chi connectivity index (χ3n) is 16.2. The second kappa shape index (κ2) is 16.5. The van der Waals surface area contributed by atoms with Crippen molar-refractivity contribution < 1.29 is 63.1 Å². The summed E-state index contributed by atoms with van der Waals surface area (Å²) in [7, 11) is 0. The van der Waals surface area contributed by atoms with Crippen LogP contribution in [-0.2, 0) is 42.7 Å². The van der Waals surface area contributed by atoms with Crippen molar-refractivity contribution in [3.63, 3.8) is 0 Å². The van der Waals surface area contributed by atoms with Crippen LogP contribution in [0, 0.1) is 35.5 Å². The highest BCUT2D eigenvalue weighted by Gasteiger charge is 2.64. The van der Waals surface area contributed by atoms with Gasteiger partial charge in [-0.05, 0) is 61.9 Å². The maximum Gasteiger partial charge on any atom is 0.306 e. The minimum Gasteiger partial charge on any atom is -0.481 e. The van der Waals surface area contributed by atoms with Crippen molar-refractivity contribution in [2.75, 3.05) is 6.54 Å². The van der Waals surface area contributed by atoms with Gasteiger partial charge < -0.3 is 58.3 Å². The Morgan fingerprint density at radius 1 is 0.871 bits per heavy atom. The van der Waals surface area contributed by atoms with Crippen LogP contribution in [0.25, 0.3) is 0 Å². The molecule has 9 aliphatic rings. The Hall–Kier alpha value is -1.79. The highest BCUT2D eigenvalue weighted by molar-refractivity contribution is 5.67. The Morgan fingerprint density at radius 3 is 2.40 bits per heavy atom. The Labute approximate surface area is 367 Å². The van der Waals surface area contributed by atoms with Crippen LogP contribution >= 0.6 is 0 Å². The van der Waals surface area contributed by atoms with Gasteiger partial charge in [-0.15, -0.1) is 0 Å². The molecular weight excluding hydrogens is 799 g/mol. The van der Waals surface area contributed by atoms with E-state index in [4.69, 9.17) is 43.0 Å². The van der Waals surface area contributed by atoms with Gasteiger partial charge in [0.15, 0.2) is 23.1 Å². The minimum atomic E-state index is -1.90. The number of ether oxygens (including phenoxy) is 8. The van der Waals surface area contributed by atoms with Crippen molar-refractivity contribution in [2.24, 2.45) is 35.5 Å². The summed E-state index contributed by atoms with van der Waals surface area (Å²) in [5.74, 6) is -4.85. The number of rotatable bonds is 9. The van der Waals surface area contributed by atoms with E-state index in [-0.39, 0.29) is 48.8 Å². The third-order valence-corrected chi connectivity index (χ3v) is 16.2. The molecule has 8 fully saturated rings. The second-order valence-electron chi connectivity index (χ2n) is 21.6. The molecule has 8 saturated heterocycles. The number of hydrogen-bond acceptors (Lipinski definition) is 13. The lowest BCUT2D eigenvalue weighted by atomic mass is 9.76. The van der Waals surface area contributed by atoms with Crippen LogP contribution in [0.5, 0.6) is 0 Å². The fourth-order valence-electron chi connectivity index (χ4n) is 13.2. The van der Waals surface area contributed by atoms with Gasteiger partial charge in [0, 0.05) is 63.3 Å². The van der Waals surface area contributed by atoms with Crippen molar-refractivity contribution in [1.29, 1.82) is 0 Å². The lowest BCUT2D eigenvalue weighted by molar-refractivity contribution is -0.367.